The third-order valence-corrected chi connectivity index (χ3v) is 5.96. The maximum Gasteiger partial charge on any atom is 0.191 e. The standard InChI is InChI=1S/C15H29N3O2S.HI/c1-16-14(17-11-13-3-7-19-8-4-13)18-12-15(21-2)5-9-20-10-6-15;/h13H,3-12H2,1-2H3,(H2,16,17,18);1H. The van der Waals surface area contributed by atoms with E-state index in [0.717, 1.165) is 71.2 Å². The summed E-state index contributed by atoms with van der Waals surface area (Å²) in [5, 5.41) is 6.96. The lowest BCUT2D eigenvalue weighted by Gasteiger charge is -2.36. The summed E-state index contributed by atoms with van der Waals surface area (Å²) in [5.74, 6) is 1.62. The highest BCUT2D eigenvalue weighted by atomic mass is 127. The van der Waals surface area contributed by atoms with Crippen molar-refractivity contribution >= 4 is 41.7 Å². The van der Waals surface area contributed by atoms with E-state index in [1.165, 1.54) is 0 Å². The SMILES string of the molecule is CN=C(NCC1CCOCC1)NCC1(SC)CCOCC1.I. The van der Waals surface area contributed by atoms with Gasteiger partial charge in [-0.05, 0) is 37.9 Å². The molecule has 2 N–H and O–H groups in total. The van der Waals surface area contributed by atoms with E-state index < -0.39 is 0 Å². The Labute approximate surface area is 155 Å². The average molecular weight is 443 g/mol. The van der Waals surface area contributed by atoms with Gasteiger partial charge in [0.1, 0.15) is 0 Å². The lowest BCUT2D eigenvalue weighted by molar-refractivity contribution is 0.0675. The van der Waals surface area contributed by atoms with Crippen LogP contribution in [0.5, 0.6) is 0 Å². The van der Waals surface area contributed by atoms with Crippen LogP contribution < -0.4 is 10.6 Å². The molecule has 0 aromatic carbocycles. The number of thioether (sulfide) groups is 1. The van der Waals surface area contributed by atoms with Gasteiger partial charge in [-0.25, -0.2) is 0 Å². The topological polar surface area (TPSA) is 54.9 Å². The Hall–Kier alpha value is 0.270. The molecule has 5 nitrogen and oxygen atoms in total. The van der Waals surface area contributed by atoms with E-state index in [1.54, 1.807) is 0 Å². The normalized spacial score (nSPS) is 22.7. The fourth-order valence-electron chi connectivity index (χ4n) is 2.85. The molecule has 22 heavy (non-hydrogen) atoms. The van der Waals surface area contributed by atoms with Gasteiger partial charge in [-0.3, -0.25) is 4.99 Å². The maximum atomic E-state index is 5.49. The molecule has 0 saturated carbocycles. The van der Waals surface area contributed by atoms with Crippen molar-refractivity contribution in [3.8, 4) is 0 Å². The van der Waals surface area contributed by atoms with Gasteiger partial charge in [-0.2, -0.15) is 11.8 Å². The minimum atomic E-state index is 0. The van der Waals surface area contributed by atoms with Crippen LogP contribution in [0.25, 0.3) is 0 Å². The molecule has 0 atom stereocenters. The smallest absolute Gasteiger partial charge is 0.191 e. The van der Waals surface area contributed by atoms with Crippen LogP contribution >= 0.6 is 35.7 Å². The van der Waals surface area contributed by atoms with Crippen molar-refractivity contribution in [3.63, 3.8) is 0 Å². The number of guanidine groups is 1. The summed E-state index contributed by atoms with van der Waals surface area (Å²) in [6, 6.07) is 0. The van der Waals surface area contributed by atoms with E-state index in [2.05, 4.69) is 21.9 Å². The quantitative estimate of drug-likeness (QED) is 0.387. The Morgan fingerprint density at radius 1 is 1.14 bits per heavy atom. The first kappa shape index (κ1) is 20.3. The maximum absolute atomic E-state index is 5.49. The molecular weight excluding hydrogens is 413 g/mol. The van der Waals surface area contributed by atoms with Crippen molar-refractivity contribution in [2.75, 3.05) is 52.8 Å². The second kappa shape index (κ2) is 10.9. The van der Waals surface area contributed by atoms with Crippen molar-refractivity contribution in [1.29, 1.82) is 0 Å². The summed E-state index contributed by atoms with van der Waals surface area (Å²) in [4.78, 5) is 4.34. The molecule has 130 valence electrons. The van der Waals surface area contributed by atoms with Crippen molar-refractivity contribution in [2.45, 2.75) is 30.4 Å². The summed E-state index contributed by atoms with van der Waals surface area (Å²) < 4.78 is 11.2. The zero-order chi connectivity index (χ0) is 15.0. The second-order valence-corrected chi connectivity index (χ2v) is 7.14. The first-order chi connectivity index (χ1) is 10.3. The molecule has 0 aliphatic carbocycles. The van der Waals surface area contributed by atoms with Gasteiger partial charge in [0.05, 0.1) is 0 Å². The molecule has 7 heteroatoms. The summed E-state index contributed by atoms with van der Waals surface area (Å²) in [6.07, 6.45) is 6.72. The highest BCUT2D eigenvalue weighted by Crippen LogP contribution is 2.32. The third-order valence-electron chi connectivity index (χ3n) is 4.54. The van der Waals surface area contributed by atoms with Gasteiger partial charge < -0.3 is 20.1 Å². The first-order valence-corrected chi connectivity index (χ1v) is 9.16. The fourth-order valence-corrected chi connectivity index (χ4v) is 3.64. The molecule has 2 rings (SSSR count). The Morgan fingerprint density at radius 3 is 2.36 bits per heavy atom. The van der Waals surface area contributed by atoms with Crippen molar-refractivity contribution in [2.24, 2.45) is 10.9 Å². The average Bonchev–Trinajstić information content (AvgIpc) is 2.57. The molecule has 2 saturated heterocycles. The Bertz CT molecular complexity index is 333. The van der Waals surface area contributed by atoms with Crippen molar-refractivity contribution in [3.05, 3.63) is 0 Å². The van der Waals surface area contributed by atoms with Gasteiger partial charge >= 0.3 is 0 Å². The Kier molecular flexibility index (Phi) is 10.1. The molecule has 0 spiro atoms. The highest BCUT2D eigenvalue weighted by molar-refractivity contribution is 14.0. The van der Waals surface area contributed by atoms with Crippen LogP contribution in [0.15, 0.2) is 4.99 Å². The molecule has 2 aliphatic heterocycles. The predicted octanol–water partition coefficient (Wildman–Crippen LogP) is 2.11. The molecule has 2 fully saturated rings. The highest BCUT2D eigenvalue weighted by Gasteiger charge is 2.31. The fraction of sp³-hybridized carbons (Fsp3) is 0.933. The number of hydrogen-bond acceptors (Lipinski definition) is 4. The lowest BCUT2D eigenvalue weighted by atomic mass is 9.99. The zero-order valence-electron chi connectivity index (χ0n) is 13.7. The van der Waals surface area contributed by atoms with E-state index >= 15 is 0 Å². The van der Waals surface area contributed by atoms with Crippen LogP contribution in [0.4, 0.5) is 0 Å². The van der Waals surface area contributed by atoms with Crippen LogP contribution in [0.3, 0.4) is 0 Å². The van der Waals surface area contributed by atoms with Crippen LogP contribution in [0.2, 0.25) is 0 Å². The summed E-state index contributed by atoms with van der Waals surface area (Å²) in [5.41, 5.74) is 0. The van der Waals surface area contributed by atoms with E-state index in [4.69, 9.17) is 9.47 Å². The van der Waals surface area contributed by atoms with Gasteiger partial charge in [0.15, 0.2) is 5.96 Å². The molecule has 0 aromatic rings. The van der Waals surface area contributed by atoms with E-state index in [9.17, 15) is 0 Å². The number of ether oxygens (including phenoxy) is 2. The number of nitrogens with one attached hydrogen (secondary N) is 2. The molecule has 0 radical (unpaired) electrons. The van der Waals surface area contributed by atoms with E-state index in [0.29, 0.717) is 5.92 Å². The Balaban J connectivity index is 0.00000242. The van der Waals surface area contributed by atoms with Gasteiger partial charge in [0.25, 0.3) is 0 Å². The molecule has 2 heterocycles. The molecule has 0 unspecified atom stereocenters. The van der Waals surface area contributed by atoms with Gasteiger partial charge in [0, 0.05) is 51.3 Å². The number of rotatable bonds is 5. The summed E-state index contributed by atoms with van der Waals surface area (Å²) in [6.45, 7) is 5.47. The minimum Gasteiger partial charge on any atom is -0.381 e. The minimum absolute atomic E-state index is 0. The number of halogens is 1. The van der Waals surface area contributed by atoms with E-state index in [1.807, 2.05) is 18.8 Å². The third kappa shape index (κ3) is 6.41. The molecule has 0 bridgehead atoms. The molecule has 0 aromatic heterocycles. The molecule has 2 aliphatic rings. The van der Waals surface area contributed by atoms with Crippen LogP contribution in [-0.4, -0.2) is 63.5 Å². The summed E-state index contributed by atoms with van der Waals surface area (Å²) >= 11 is 1.95. The number of nitrogens with zero attached hydrogens (tertiary/aromatic N) is 1. The van der Waals surface area contributed by atoms with Crippen molar-refractivity contribution in [1.82, 2.24) is 10.6 Å². The summed E-state index contributed by atoms with van der Waals surface area (Å²) in [7, 11) is 1.84. The second-order valence-electron chi connectivity index (χ2n) is 5.86. The van der Waals surface area contributed by atoms with Crippen LogP contribution in [0, 0.1) is 5.92 Å². The lowest BCUT2D eigenvalue weighted by Crippen LogP contribution is -2.48. The molecule has 0 amide bonds. The zero-order valence-corrected chi connectivity index (χ0v) is 16.9. The van der Waals surface area contributed by atoms with Gasteiger partial charge in [0.2, 0.25) is 0 Å². The Morgan fingerprint density at radius 2 is 1.77 bits per heavy atom. The predicted molar refractivity (Wildman–Crippen MR) is 105 cm³/mol. The first-order valence-electron chi connectivity index (χ1n) is 7.93. The van der Waals surface area contributed by atoms with Crippen LogP contribution in [-0.2, 0) is 9.47 Å². The number of aliphatic imine (C=N–C) groups is 1. The van der Waals surface area contributed by atoms with Gasteiger partial charge in [-0.1, -0.05) is 0 Å². The molecular formula is C15H30IN3O2S. The van der Waals surface area contributed by atoms with Crippen LogP contribution in [0.1, 0.15) is 25.7 Å². The van der Waals surface area contributed by atoms with E-state index in [-0.39, 0.29) is 28.7 Å². The number of hydrogen-bond donors (Lipinski definition) is 2. The van der Waals surface area contributed by atoms with Gasteiger partial charge in [-0.15, -0.1) is 24.0 Å². The van der Waals surface area contributed by atoms with Crippen molar-refractivity contribution < 1.29 is 9.47 Å². The largest absolute Gasteiger partial charge is 0.381 e. The monoisotopic (exact) mass is 443 g/mol.